The molecule has 0 amide bonds. The third-order valence-corrected chi connectivity index (χ3v) is 3.48. The van der Waals surface area contributed by atoms with Gasteiger partial charge in [-0.05, 0) is 31.2 Å². The lowest BCUT2D eigenvalue weighted by molar-refractivity contribution is -0.385. The van der Waals surface area contributed by atoms with Crippen LogP contribution in [0.15, 0.2) is 18.2 Å². The Labute approximate surface area is 117 Å². The summed E-state index contributed by atoms with van der Waals surface area (Å²) in [5.74, 6) is 0.522. The summed E-state index contributed by atoms with van der Waals surface area (Å²) < 4.78 is 0. The first-order chi connectivity index (χ1) is 8.41. The van der Waals surface area contributed by atoms with E-state index in [1.807, 2.05) is 0 Å². The fourth-order valence-electron chi connectivity index (χ4n) is 1.90. The first-order valence-electron chi connectivity index (χ1n) is 5.97. The van der Waals surface area contributed by atoms with Crippen LogP contribution in [0.5, 0.6) is 0 Å². The number of rotatable bonds is 6. The molecule has 0 heterocycles. The van der Waals surface area contributed by atoms with Crippen molar-refractivity contribution in [3.63, 3.8) is 0 Å². The fourth-order valence-corrected chi connectivity index (χ4v) is 2.63. The molecular formula is C13H17Cl2NO2. The van der Waals surface area contributed by atoms with Crippen LogP contribution >= 0.6 is 23.2 Å². The van der Waals surface area contributed by atoms with Gasteiger partial charge in [0, 0.05) is 17.0 Å². The molecule has 1 aromatic rings. The molecule has 100 valence electrons. The van der Waals surface area contributed by atoms with Crippen molar-refractivity contribution in [2.24, 2.45) is 5.92 Å². The molecule has 1 unspecified atom stereocenters. The number of nitrogens with zero attached hydrogens (tertiary/aromatic N) is 1. The summed E-state index contributed by atoms with van der Waals surface area (Å²) in [5.41, 5.74) is 0.662. The normalized spacial score (nSPS) is 12.7. The molecule has 0 spiro atoms. The van der Waals surface area contributed by atoms with Gasteiger partial charge >= 0.3 is 0 Å². The van der Waals surface area contributed by atoms with Crippen molar-refractivity contribution in [1.82, 2.24) is 0 Å². The lowest BCUT2D eigenvalue weighted by atomic mass is 10.0. The molecule has 18 heavy (non-hydrogen) atoms. The number of nitro benzene ring substituents is 1. The molecule has 0 saturated carbocycles. The van der Waals surface area contributed by atoms with Crippen molar-refractivity contribution in [1.29, 1.82) is 0 Å². The highest BCUT2D eigenvalue weighted by atomic mass is 35.5. The van der Waals surface area contributed by atoms with E-state index in [-0.39, 0.29) is 11.1 Å². The van der Waals surface area contributed by atoms with E-state index in [1.165, 1.54) is 6.07 Å². The van der Waals surface area contributed by atoms with Gasteiger partial charge in [-0.25, -0.2) is 0 Å². The smallest absolute Gasteiger partial charge is 0.258 e. The van der Waals surface area contributed by atoms with Crippen LogP contribution in [0.3, 0.4) is 0 Å². The van der Waals surface area contributed by atoms with Crippen LogP contribution in [0.2, 0.25) is 5.02 Å². The Balaban J connectivity index is 2.75. The molecule has 0 fully saturated rings. The van der Waals surface area contributed by atoms with Crippen molar-refractivity contribution in [2.45, 2.75) is 38.5 Å². The van der Waals surface area contributed by atoms with Crippen LogP contribution in [0.4, 0.5) is 5.69 Å². The summed E-state index contributed by atoms with van der Waals surface area (Å²) in [6.45, 7) is 4.21. The van der Waals surface area contributed by atoms with Crippen LogP contribution < -0.4 is 0 Å². The van der Waals surface area contributed by atoms with Crippen molar-refractivity contribution >= 4 is 28.9 Å². The average Bonchev–Trinajstić information content (AvgIpc) is 2.25. The summed E-state index contributed by atoms with van der Waals surface area (Å²) in [5, 5.41) is 11.4. The van der Waals surface area contributed by atoms with Gasteiger partial charge in [0.15, 0.2) is 0 Å². The number of benzene rings is 1. The molecule has 0 saturated heterocycles. The van der Waals surface area contributed by atoms with E-state index in [4.69, 9.17) is 23.2 Å². The average molecular weight is 290 g/mol. The number of hydrogen-bond donors (Lipinski definition) is 0. The first-order valence-corrected chi connectivity index (χ1v) is 6.79. The highest BCUT2D eigenvalue weighted by Gasteiger charge is 2.17. The second-order valence-electron chi connectivity index (χ2n) is 4.76. The second-order valence-corrected chi connectivity index (χ2v) is 5.78. The van der Waals surface area contributed by atoms with Gasteiger partial charge < -0.3 is 0 Å². The number of halogens is 2. The Kier molecular flexibility index (Phi) is 5.89. The van der Waals surface area contributed by atoms with E-state index in [0.717, 1.165) is 6.42 Å². The monoisotopic (exact) mass is 289 g/mol. The predicted octanol–water partition coefficient (Wildman–Crippen LogP) is 4.83. The van der Waals surface area contributed by atoms with Gasteiger partial charge in [-0.15, -0.1) is 11.6 Å². The van der Waals surface area contributed by atoms with Crippen LogP contribution in [-0.2, 0) is 6.42 Å². The van der Waals surface area contributed by atoms with Gasteiger partial charge in [0.25, 0.3) is 5.69 Å². The molecule has 0 aliphatic heterocycles. The Bertz CT molecular complexity index is 421. The van der Waals surface area contributed by atoms with Crippen molar-refractivity contribution in [3.8, 4) is 0 Å². The van der Waals surface area contributed by atoms with E-state index in [0.29, 0.717) is 29.3 Å². The van der Waals surface area contributed by atoms with Crippen molar-refractivity contribution in [3.05, 3.63) is 38.9 Å². The van der Waals surface area contributed by atoms with E-state index < -0.39 is 4.92 Å². The largest absolute Gasteiger partial charge is 0.274 e. The number of hydrogen-bond acceptors (Lipinski definition) is 2. The molecule has 0 aliphatic carbocycles. The zero-order chi connectivity index (χ0) is 13.7. The number of nitro groups is 1. The highest BCUT2D eigenvalue weighted by Crippen LogP contribution is 2.29. The minimum absolute atomic E-state index is 0.0286. The Morgan fingerprint density at radius 1 is 1.39 bits per heavy atom. The maximum Gasteiger partial charge on any atom is 0.274 e. The molecule has 0 radical (unpaired) electrons. The highest BCUT2D eigenvalue weighted by molar-refractivity contribution is 6.31. The molecule has 0 bridgehead atoms. The summed E-state index contributed by atoms with van der Waals surface area (Å²) in [6.07, 6.45) is 2.14. The lowest BCUT2D eigenvalue weighted by Gasteiger charge is -2.12. The Morgan fingerprint density at radius 3 is 2.61 bits per heavy atom. The molecule has 0 N–H and O–H groups in total. The predicted molar refractivity (Wildman–Crippen MR) is 75.5 cm³/mol. The molecule has 3 nitrogen and oxygen atoms in total. The van der Waals surface area contributed by atoms with Gasteiger partial charge in [-0.1, -0.05) is 31.5 Å². The summed E-state index contributed by atoms with van der Waals surface area (Å²) in [7, 11) is 0. The van der Waals surface area contributed by atoms with E-state index >= 15 is 0 Å². The van der Waals surface area contributed by atoms with E-state index in [2.05, 4.69) is 13.8 Å². The molecular weight excluding hydrogens is 273 g/mol. The van der Waals surface area contributed by atoms with Crippen molar-refractivity contribution < 1.29 is 4.92 Å². The quantitative estimate of drug-likeness (QED) is 0.427. The minimum atomic E-state index is -0.396. The van der Waals surface area contributed by atoms with Gasteiger partial charge in [-0.2, -0.15) is 0 Å². The van der Waals surface area contributed by atoms with Crippen LogP contribution in [0.25, 0.3) is 0 Å². The SMILES string of the molecule is CC(C)CC(Cl)CCc1c(Cl)cccc1[N+](=O)[O-]. The van der Waals surface area contributed by atoms with Crippen LogP contribution in [-0.4, -0.2) is 10.3 Å². The Hall–Kier alpha value is -0.800. The zero-order valence-corrected chi connectivity index (χ0v) is 12.0. The standard InChI is InChI=1S/C13H17Cl2NO2/c1-9(2)8-10(14)6-7-11-12(15)4-3-5-13(11)16(17)18/h3-5,9-10H,6-8H2,1-2H3. The molecule has 1 aromatic carbocycles. The molecule has 0 aliphatic rings. The zero-order valence-electron chi connectivity index (χ0n) is 10.5. The third-order valence-electron chi connectivity index (χ3n) is 2.73. The van der Waals surface area contributed by atoms with Gasteiger partial charge in [-0.3, -0.25) is 10.1 Å². The molecule has 0 aromatic heterocycles. The Morgan fingerprint density at radius 2 is 2.06 bits per heavy atom. The maximum atomic E-state index is 10.9. The van der Waals surface area contributed by atoms with Gasteiger partial charge in [0.1, 0.15) is 0 Å². The summed E-state index contributed by atoms with van der Waals surface area (Å²) in [6, 6.07) is 4.75. The fraction of sp³-hybridized carbons (Fsp3) is 0.538. The van der Waals surface area contributed by atoms with Gasteiger partial charge in [0.05, 0.1) is 9.95 Å². The summed E-state index contributed by atoms with van der Waals surface area (Å²) >= 11 is 12.2. The lowest BCUT2D eigenvalue weighted by Crippen LogP contribution is -2.06. The van der Waals surface area contributed by atoms with Crippen LogP contribution in [0.1, 0.15) is 32.3 Å². The third kappa shape index (κ3) is 4.46. The molecule has 5 heteroatoms. The van der Waals surface area contributed by atoms with Crippen LogP contribution in [0, 0.1) is 16.0 Å². The van der Waals surface area contributed by atoms with E-state index in [9.17, 15) is 10.1 Å². The molecule has 1 rings (SSSR count). The topological polar surface area (TPSA) is 43.1 Å². The van der Waals surface area contributed by atoms with E-state index in [1.54, 1.807) is 12.1 Å². The van der Waals surface area contributed by atoms with Gasteiger partial charge in [0.2, 0.25) is 0 Å². The maximum absolute atomic E-state index is 10.9. The second kappa shape index (κ2) is 6.95. The minimum Gasteiger partial charge on any atom is -0.258 e. The first kappa shape index (κ1) is 15.3. The summed E-state index contributed by atoms with van der Waals surface area (Å²) in [4.78, 5) is 10.5. The molecule has 1 atom stereocenters. The van der Waals surface area contributed by atoms with Crippen molar-refractivity contribution in [2.75, 3.05) is 0 Å². The number of alkyl halides is 1.